The van der Waals surface area contributed by atoms with Gasteiger partial charge in [-0.1, -0.05) is 24.8 Å². The van der Waals surface area contributed by atoms with E-state index in [0.29, 0.717) is 37.0 Å². The van der Waals surface area contributed by atoms with Gasteiger partial charge < -0.3 is 19.5 Å². The molecule has 1 aliphatic heterocycles. The van der Waals surface area contributed by atoms with Crippen molar-refractivity contribution in [2.45, 2.75) is 38.2 Å². The van der Waals surface area contributed by atoms with Crippen LogP contribution in [0.25, 0.3) is 10.9 Å². The number of nitrogens with zero attached hydrogens (tertiary/aromatic N) is 2. The van der Waals surface area contributed by atoms with E-state index >= 15 is 0 Å². The van der Waals surface area contributed by atoms with E-state index in [-0.39, 0.29) is 11.9 Å². The summed E-state index contributed by atoms with van der Waals surface area (Å²) in [5.41, 5.74) is 2.37. The number of rotatable bonds is 12. The molecule has 0 bridgehead atoms. The number of hydrogen-bond donors (Lipinski definition) is 1. The lowest BCUT2D eigenvalue weighted by atomic mass is 10.1. The van der Waals surface area contributed by atoms with Crippen molar-refractivity contribution in [3.8, 4) is 23.8 Å². The standard InChI is InChI=1S/C26H27N3O4/c1-3-18-9-8-10-19(13-18)29-26-20-14-24(23(31-2)15-21(20)27-17-28-26)32-12-7-5-4-6-11-22(30)25-16-33-25/h1,8-10,13-15,17,25H,4-7,11-12,16H2,2H3,(H,27,28,29). The van der Waals surface area contributed by atoms with Gasteiger partial charge in [0.05, 0.1) is 25.8 Å². The molecule has 1 atom stereocenters. The van der Waals surface area contributed by atoms with E-state index < -0.39 is 0 Å². The summed E-state index contributed by atoms with van der Waals surface area (Å²) >= 11 is 0. The van der Waals surface area contributed by atoms with Crippen LogP contribution in [0.2, 0.25) is 0 Å². The van der Waals surface area contributed by atoms with Crippen LogP contribution in [-0.4, -0.2) is 42.2 Å². The van der Waals surface area contributed by atoms with E-state index in [1.165, 1.54) is 6.33 Å². The van der Waals surface area contributed by atoms with Gasteiger partial charge >= 0.3 is 0 Å². The zero-order valence-electron chi connectivity index (χ0n) is 18.7. The lowest BCUT2D eigenvalue weighted by Crippen LogP contribution is -2.05. The summed E-state index contributed by atoms with van der Waals surface area (Å²) in [5.74, 6) is 4.78. The number of methoxy groups -OCH3 is 1. The van der Waals surface area contributed by atoms with Crippen molar-refractivity contribution >= 4 is 28.2 Å². The maximum atomic E-state index is 11.6. The first-order chi connectivity index (χ1) is 16.2. The number of ether oxygens (including phenoxy) is 3. The van der Waals surface area contributed by atoms with E-state index in [1.807, 2.05) is 36.4 Å². The van der Waals surface area contributed by atoms with Crippen LogP contribution in [0.5, 0.6) is 11.5 Å². The molecule has 1 N–H and O–H groups in total. The highest BCUT2D eigenvalue weighted by atomic mass is 16.6. The molecule has 0 saturated carbocycles. The number of Topliss-reactive ketones (excluding diaryl/α,β-unsaturated/α-hetero) is 1. The number of ketones is 1. The lowest BCUT2D eigenvalue weighted by Gasteiger charge is -2.14. The Kier molecular flexibility index (Phi) is 7.38. The Hall–Kier alpha value is -3.63. The lowest BCUT2D eigenvalue weighted by molar-refractivity contribution is -0.120. The molecule has 2 heterocycles. The minimum atomic E-state index is -0.127. The van der Waals surface area contributed by atoms with Gasteiger partial charge in [0, 0.05) is 29.1 Å². The number of nitrogens with one attached hydrogen (secondary N) is 1. The van der Waals surface area contributed by atoms with Crippen molar-refractivity contribution in [1.29, 1.82) is 0 Å². The third-order valence-electron chi connectivity index (χ3n) is 5.48. The molecule has 0 spiro atoms. The molecule has 0 amide bonds. The van der Waals surface area contributed by atoms with Gasteiger partial charge in [0.2, 0.25) is 0 Å². The van der Waals surface area contributed by atoms with Gasteiger partial charge in [-0.05, 0) is 37.1 Å². The number of aromatic nitrogens is 2. The van der Waals surface area contributed by atoms with Gasteiger partial charge in [-0.25, -0.2) is 9.97 Å². The van der Waals surface area contributed by atoms with Gasteiger partial charge in [-0.3, -0.25) is 4.79 Å². The average molecular weight is 446 g/mol. The molecule has 1 saturated heterocycles. The quantitative estimate of drug-likeness (QED) is 0.246. The second-order valence-corrected chi connectivity index (χ2v) is 7.89. The van der Waals surface area contributed by atoms with Crippen LogP contribution >= 0.6 is 0 Å². The summed E-state index contributed by atoms with van der Waals surface area (Å²) in [7, 11) is 1.61. The van der Waals surface area contributed by atoms with Crippen LogP contribution in [0, 0.1) is 12.3 Å². The maximum Gasteiger partial charge on any atom is 0.163 e. The van der Waals surface area contributed by atoms with Crippen LogP contribution in [0.4, 0.5) is 11.5 Å². The van der Waals surface area contributed by atoms with Gasteiger partial charge in [0.25, 0.3) is 0 Å². The third kappa shape index (κ3) is 5.99. The topological polar surface area (TPSA) is 85.9 Å². The Morgan fingerprint density at radius 1 is 1.18 bits per heavy atom. The molecule has 2 aromatic carbocycles. The molecular weight excluding hydrogens is 418 g/mol. The highest BCUT2D eigenvalue weighted by molar-refractivity contribution is 5.93. The predicted octanol–water partition coefficient (Wildman–Crippen LogP) is 4.66. The number of carbonyl (C=O) groups is 1. The minimum Gasteiger partial charge on any atom is -0.493 e. The molecular formula is C26H27N3O4. The fourth-order valence-electron chi connectivity index (χ4n) is 3.59. The summed E-state index contributed by atoms with van der Waals surface area (Å²) in [5, 5.41) is 4.14. The summed E-state index contributed by atoms with van der Waals surface area (Å²) in [6.45, 7) is 1.15. The summed E-state index contributed by atoms with van der Waals surface area (Å²) < 4.78 is 16.6. The number of anilines is 2. The summed E-state index contributed by atoms with van der Waals surface area (Å²) in [6.07, 6.45) is 11.3. The first-order valence-electron chi connectivity index (χ1n) is 11.1. The molecule has 1 aliphatic rings. The highest BCUT2D eigenvalue weighted by Crippen LogP contribution is 2.35. The Bertz CT molecular complexity index is 1170. The van der Waals surface area contributed by atoms with Gasteiger partial charge in [-0.2, -0.15) is 0 Å². The van der Waals surface area contributed by atoms with Gasteiger partial charge in [0.1, 0.15) is 18.2 Å². The zero-order valence-corrected chi connectivity index (χ0v) is 18.7. The van der Waals surface area contributed by atoms with Crippen molar-refractivity contribution in [1.82, 2.24) is 9.97 Å². The number of carbonyl (C=O) groups excluding carboxylic acids is 1. The molecule has 1 unspecified atom stereocenters. The average Bonchev–Trinajstić information content (AvgIpc) is 3.69. The van der Waals surface area contributed by atoms with Crippen molar-refractivity contribution in [2.24, 2.45) is 0 Å². The van der Waals surface area contributed by atoms with Crippen LogP contribution in [0.15, 0.2) is 42.7 Å². The number of epoxide rings is 1. The van der Waals surface area contributed by atoms with Crippen molar-refractivity contribution in [3.63, 3.8) is 0 Å². The fraction of sp³-hybridized carbons (Fsp3) is 0.346. The second kappa shape index (κ2) is 10.8. The molecule has 170 valence electrons. The highest BCUT2D eigenvalue weighted by Gasteiger charge is 2.29. The molecule has 4 rings (SSSR count). The summed E-state index contributed by atoms with van der Waals surface area (Å²) in [4.78, 5) is 20.4. The Balaban J connectivity index is 1.39. The smallest absolute Gasteiger partial charge is 0.163 e. The van der Waals surface area contributed by atoms with Gasteiger partial charge in [0.15, 0.2) is 17.3 Å². The molecule has 33 heavy (non-hydrogen) atoms. The number of terminal acetylenes is 1. The van der Waals surface area contributed by atoms with E-state index in [0.717, 1.165) is 47.8 Å². The SMILES string of the molecule is C#Cc1cccc(Nc2ncnc3cc(OC)c(OCCCCCCC(=O)C4CO4)cc23)c1. The molecule has 7 nitrogen and oxygen atoms in total. The molecule has 1 fully saturated rings. The number of benzene rings is 2. The third-order valence-corrected chi connectivity index (χ3v) is 5.48. The van der Waals surface area contributed by atoms with Crippen molar-refractivity contribution in [2.75, 3.05) is 25.6 Å². The maximum absolute atomic E-state index is 11.6. The van der Waals surface area contributed by atoms with Crippen LogP contribution in [0.1, 0.15) is 37.7 Å². The van der Waals surface area contributed by atoms with Crippen molar-refractivity contribution < 1.29 is 19.0 Å². The number of fused-ring (bicyclic) bond motifs is 1. The second-order valence-electron chi connectivity index (χ2n) is 7.89. The van der Waals surface area contributed by atoms with Gasteiger partial charge in [-0.15, -0.1) is 6.42 Å². The molecule has 1 aromatic heterocycles. The Labute approximate surface area is 193 Å². The first-order valence-corrected chi connectivity index (χ1v) is 11.1. The minimum absolute atomic E-state index is 0.127. The van der Waals surface area contributed by atoms with Crippen LogP contribution in [-0.2, 0) is 9.53 Å². The molecule has 0 radical (unpaired) electrons. The van der Waals surface area contributed by atoms with E-state index in [1.54, 1.807) is 7.11 Å². The Morgan fingerprint density at radius 2 is 2.03 bits per heavy atom. The molecule has 3 aromatic rings. The first kappa shape index (κ1) is 22.6. The van der Waals surface area contributed by atoms with E-state index in [2.05, 4.69) is 21.2 Å². The van der Waals surface area contributed by atoms with Crippen LogP contribution in [0.3, 0.4) is 0 Å². The monoisotopic (exact) mass is 445 g/mol. The zero-order chi connectivity index (χ0) is 23.0. The normalized spacial score (nSPS) is 14.5. The van der Waals surface area contributed by atoms with Crippen molar-refractivity contribution in [3.05, 3.63) is 48.3 Å². The van der Waals surface area contributed by atoms with E-state index in [4.69, 9.17) is 20.6 Å². The molecule has 7 heteroatoms. The largest absolute Gasteiger partial charge is 0.493 e. The summed E-state index contributed by atoms with van der Waals surface area (Å²) in [6, 6.07) is 11.3. The Morgan fingerprint density at radius 3 is 2.82 bits per heavy atom. The number of unbranched alkanes of at least 4 members (excludes halogenated alkanes) is 3. The molecule has 0 aliphatic carbocycles. The predicted molar refractivity (Wildman–Crippen MR) is 127 cm³/mol. The van der Waals surface area contributed by atoms with Crippen LogP contribution < -0.4 is 14.8 Å². The van der Waals surface area contributed by atoms with E-state index in [9.17, 15) is 4.79 Å². The number of hydrogen-bond acceptors (Lipinski definition) is 7. The fourth-order valence-corrected chi connectivity index (χ4v) is 3.59.